The first-order valence-corrected chi connectivity index (χ1v) is 4.57. The number of hydrogen-bond donors (Lipinski definition) is 0. The summed E-state index contributed by atoms with van der Waals surface area (Å²) in [5, 5.41) is 0. The van der Waals surface area contributed by atoms with Crippen molar-refractivity contribution in [3.8, 4) is 12.3 Å². The van der Waals surface area contributed by atoms with Gasteiger partial charge in [0.15, 0.2) is 0 Å². The van der Waals surface area contributed by atoms with Crippen LogP contribution in [0.2, 0.25) is 0 Å². The fourth-order valence-electron chi connectivity index (χ4n) is 0.786. The Kier molecular flexibility index (Phi) is 4.34. The molecule has 0 aromatic heterocycles. The lowest BCUT2D eigenvalue weighted by molar-refractivity contribution is 0.243. The molecule has 0 radical (unpaired) electrons. The van der Waals surface area contributed by atoms with Gasteiger partial charge in [0, 0.05) is 11.5 Å². The number of terminal acetylenes is 1. The molecule has 70 valence electrons. The summed E-state index contributed by atoms with van der Waals surface area (Å²) in [7, 11) is 2.14. The lowest BCUT2D eigenvalue weighted by Gasteiger charge is -2.25. The topological polar surface area (TPSA) is 3.24 Å². The summed E-state index contributed by atoms with van der Waals surface area (Å²) in [4.78, 5) is 2.32. The van der Waals surface area contributed by atoms with Crippen molar-refractivity contribution in [2.45, 2.75) is 40.2 Å². The largest absolute Gasteiger partial charge is 0.304 e. The van der Waals surface area contributed by atoms with E-state index in [1.807, 2.05) is 0 Å². The number of hydrogen-bond acceptors (Lipinski definition) is 1. The highest BCUT2D eigenvalue weighted by atomic mass is 15.1. The third-order valence-electron chi connectivity index (χ3n) is 2.36. The van der Waals surface area contributed by atoms with E-state index in [2.05, 4.69) is 45.6 Å². The van der Waals surface area contributed by atoms with Crippen molar-refractivity contribution in [2.24, 2.45) is 5.41 Å². The van der Waals surface area contributed by atoms with Crippen LogP contribution in [0.15, 0.2) is 0 Å². The van der Waals surface area contributed by atoms with Crippen LogP contribution < -0.4 is 0 Å². The molecule has 0 amide bonds. The van der Waals surface area contributed by atoms with Gasteiger partial charge in [-0.05, 0) is 47.7 Å². The van der Waals surface area contributed by atoms with Crippen LogP contribution in [0.5, 0.6) is 0 Å². The van der Waals surface area contributed by atoms with E-state index in [1.54, 1.807) is 0 Å². The minimum atomic E-state index is 0.0448. The Morgan fingerprint density at radius 1 is 1.42 bits per heavy atom. The van der Waals surface area contributed by atoms with E-state index < -0.39 is 0 Å². The Morgan fingerprint density at radius 3 is 2.25 bits per heavy atom. The average Bonchev–Trinajstić information content (AvgIpc) is 2.00. The second-order valence-corrected chi connectivity index (χ2v) is 4.35. The first kappa shape index (κ1) is 11.5. The molecule has 0 aliphatic heterocycles. The van der Waals surface area contributed by atoms with Crippen LogP contribution in [0.25, 0.3) is 0 Å². The molecule has 0 atom stereocenters. The van der Waals surface area contributed by atoms with Crippen LogP contribution in [0.1, 0.15) is 34.1 Å². The minimum Gasteiger partial charge on any atom is -0.304 e. The Bertz CT molecular complexity index is 162. The van der Waals surface area contributed by atoms with Gasteiger partial charge in [0.25, 0.3) is 0 Å². The van der Waals surface area contributed by atoms with Gasteiger partial charge in [0.1, 0.15) is 0 Å². The van der Waals surface area contributed by atoms with E-state index in [4.69, 9.17) is 6.42 Å². The van der Waals surface area contributed by atoms with E-state index in [-0.39, 0.29) is 5.41 Å². The zero-order valence-corrected chi connectivity index (χ0v) is 9.02. The van der Waals surface area contributed by atoms with E-state index in [9.17, 15) is 0 Å². The highest BCUT2D eigenvalue weighted by molar-refractivity contribution is 5.00. The van der Waals surface area contributed by atoms with Crippen LogP contribution in [-0.2, 0) is 0 Å². The SMILES string of the molecule is C#CC(C)(C)CCN(C)C(C)C. The molecular formula is C11H21N. The molecule has 0 aromatic rings. The highest BCUT2D eigenvalue weighted by Crippen LogP contribution is 2.18. The summed E-state index contributed by atoms with van der Waals surface area (Å²) in [6, 6.07) is 0.610. The van der Waals surface area contributed by atoms with Crippen LogP contribution in [0, 0.1) is 17.8 Å². The molecule has 0 N–H and O–H groups in total. The second kappa shape index (κ2) is 4.52. The molecule has 0 saturated carbocycles. The van der Waals surface area contributed by atoms with Gasteiger partial charge >= 0.3 is 0 Å². The van der Waals surface area contributed by atoms with Gasteiger partial charge in [0.2, 0.25) is 0 Å². The molecule has 1 heteroatoms. The van der Waals surface area contributed by atoms with E-state index in [0.717, 1.165) is 13.0 Å². The summed E-state index contributed by atoms with van der Waals surface area (Å²) in [5.41, 5.74) is 0.0448. The average molecular weight is 167 g/mol. The normalized spacial score (nSPS) is 12.2. The van der Waals surface area contributed by atoms with Crippen LogP contribution in [0.3, 0.4) is 0 Å². The molecule has 0 spiro atoms. The van der Waals surface area contributed by atoms with Gasteiger partial charge in [0.05, 0.1) is 0 Å². The van der Waals surface area contributed by atoms with Crippen LogP contribution in [0.4, 0.5) is 0 Å². The maximum absolute atomic E-state index is 5.40. The Morgan fingerprint density at radius 2 is 1.92 bits per heavy atom. The lowest BCUT2D eigenvalue weighted by Crippen LogP contribution is -2.29. The summed E-state index contributed by atoms with van der Waals surface area (Å²) in [6.45, 7) is 9.70. The molecular weight excluding hydrogens is 146 g/mol. The van der Waals surface area contributed by atoms with Crippen molar-refractivity contribution in [2.75, 3.05) is 13.6 Å². The number of rotatable bonds is 4. The first-order chi connectivity index (χ1) is 5.39. The van der Waals surface area contributed by atoms with E-state index >= 15 is 0 Å². The second-order valence-electron chi connectivity index (χ2n) is 4.35. The van der Waals surface area contributed by atoms with Crippen molar-refractivity contribution >= 4 is 0 Å². The molecule has 0 aliphatic rings. The molecule has 0 unspecified atom stereocenters. The Hall–Kier alpha value is -0.480. The molecule has 0 aliphatic carbocycles. The molecule has 0 rings (SSSR count). The first-order valence-electron chi connectivity index (χ1n) is 4.57. The Labute approximate surface area is 77.1 Å². The quantitative estimate of drug-likeness (QED) is 0.581. The fourth-order valence-corrected chi connectivity index (χ4v) is 0.786. The molecule has 0 heterocycles. The van der Waals surface area contributed by atoms with Crippen LogP contribution in [-0.4, -0.2) is 24.5 Å². The molecule has 0 saturated heterocycles. The van der Waals surface area contributed by atoms with Gasteiger partial charge < -0.3 is 4.90 Å². The maximum atomic E-state index is 5.40. The van der Waals surface area contributed by atoms with Gasteiger partial charge in [-0.2, -0.15) is 0 Å². The van der Waals surface area contributed by atoms with Gasteiger partial charge in [-0.15, -0.1) is 12.3 Å². The molecule has 1 nitrogen and oxygen atoms in total. The zero-order valence-electron chi connectivity index (χ0n) is 9.02. The van der Waals surface area contributed by atoms with Crippen molar-refractivity contribution in [3.05, 3.63) is 0 Å². The maximum Gasteiger partial charge on any atom is 0.0268 e. The summed E-state index contributed by atoms with van der Waals surface area (Å²) in [6.07, 6.45) is 6.47. The van der Waals surface area contributed by atoms with Crippen molar-refractivity contribution in [1.82, 2.24) is 4.90 Å². The summed E-state index contributed by atoms with van der Waals surface area (Å²) < 4.78 is 0. The minimum absolute atomic E-state index is 0.0448. The lowest BCUT2D eigenvalue weighted by atomic mass is 9.90. The molecule has 0 aromatic carbocycles. The highest BCUT2D eigenvalue weighted by Gasteiger charge is 2.15. The summed E-state index contributed by atoms with van der Waals surface area (Å²) in [5.74, 6) is 2.81. The van der Waals surface area contributed by atoms with Crippen molar-refractivity contribution in [1.29, 1.82) is 0 Å². The van der Waals surface area contributed by atoms with Crippen molar-refractivity contribution < 1.29 is 0 Å². The smallest absolute Gasteiger partial charge is 0.0268 e. The fraction of sp³-hybridized carbons (Fsp3) is 0.818. The summed E-state index contributed by atoms with van der Waals surface area (Å²) >= 11 is 0. The Balaban J connectivity index is 3.77. The predicted octanol–water partition coefficient (Wildman–Crippen LogP) is 2.38. The van der Waals surface area contributed by atoms with E-state index in [0.29, 0.717) is 6.04 Å². The van der Waals surface area contributed by atoms with E-state index in [1.165, 1.54) is 0 Å². The number of nitrogens with zero attached hydrogens (tertiary/aromatic N) is 1. The zero-order chi connectivity index (χ0) is 9.78. The van der Waals surface area contributed by atoms with Gasteiger partial charge in [-0.3, -0.25) is 0 Å². The molecule has 12 heavy (non-hydrogen) atoms. The monoisotopic (exact) mass is 167 g/mol. The predicted molar refractivity (Wildman–Crippen MR) is 55.0 cm³/mol. The van der Waals surface area contributed by atoms with Crippen molar-refractivity contribution in [3.63, 3.8) is 0 Å². The third-order valence-corrected chi connectivity index (χ3v) is 2.36. The van der Waals surface area contributed by atoms with Crippen LogP contribution >= 0.6 is 0 Å². The van der Waals surface area contributed by atoms with Gasteiger partial charge in [-0.25, -0.2) is 0 Å². The third kappa shape index (κ3) is 4.41. The molecule has 0 fully saturated rings. The standard InChI is InChI=1S/C11H21N/c1-7-11(4,5)8-9-12(6)10(2)3/h1,10H,8-9H2,2-6H3. The van der Waals surface area contributed by atoms with Gasteiger partial charge in [-0.1, -0.05) is 0 Å². The molecule has 0 bridgehead atoms.